The number of carbonyl (C=O) groups is 1. The minimum atomic E-state index is -2.31. The smallest absolute Gasteiger partial charge is 0.247 e. The van der Waals surface area contributed by atoms with Crippen molar-refractivity contribution in [3.63, 3.8) is 0 Å². The van der Waals surface area contributed by atoms with Crippen molar-refractivity contribution >= 4 is 18.0 Å². The van der Waals surface area contributed by atoms with Crippen molar-refractivity contribution in [3.05, 3.63) is 48.7 Å². The number of halogens is 2. The highest BCUT2D eigenvalue weighted by Gasteiger charge is 2.10. The fourth-order valence-electron chi connectivity index (χ4n) is 2.28. The van der Waals surface area contributed by atoms with E-state index in [9.17, 15) is 18.7 Å². The first-order valence-corrected chi connectivity index (χ1v) is 9.20. The van der Waals surface area contributed by atoms with Crippen LogP contribution in [-0.4, -0.2) is 60.3 Å². The van der Waals surface area contributed by atoms with Crippen LogP contribution in [0.25, 0.3) is 0 Å². The Balaban J connectivity index is 2.30. The van der Waals surface area contributed by atoms with Gasteiger partial charge in [-0.15, -0.1) is 0 Å². The molecule has 0 saturated heterocycles. The molecule has 28 heavy (non-hydrogen) atoms. The van der Waals surface area contributed by atoms with E-state index in [4.69, 9.17) is 0 Å². The molecule has 1 rings (SSSR count). The van der Waals surface area contributed by atoms with E-state index in [2.05, 4.69) is 21.9 Å². The number of hydrogen-bond donors (Lipinski definition) is 2. The maximum atomic E-state index is 12.2. The molecular weight excluding hydrogens is 366 g/mol. The van der Waals surface area contributed by atoms with Crippen molar-refractivity contribution in [2.24, 2.45) is 9.98 Å². The molecule has 1 unspecified atom stereocenters. The minimum absolute atomic E-state index is 0.176. The molecule has 0 radical (unpaired) electrons. The Morgan fingerprint density at radius 2 is 2.36 bits per heavy atom. The summed E-state index contributed by atoms with van der Waals surface area (Å²) in [7, 11) is 0. The predicted molar refractivity (Wildman–Crippen MR) is 109 cm³/mol. The summed E-state index contributed by atoms with van der Waals surface area (Å²) < 4.78 is 24.4. The van der Waals surface area contributed by atoms with Crippen LogP contribution >= 0.6 is 0 Å². The van der Waals surface area contributed by atoms with Crippen LogP contribution in [-0.2, 0) is 4.79 Å². The number of carbonyl (C=O) groups excluding carboxylic acids is 1. The van der Waals surface area contributed by atoms with Gasteiger partial charge >= 0.3 is 0 Å². The number of dihydropyridines is 1. The zero-order valence-corrected chi connectivity index (χ0v) is 16.1. The van der Waals surface area contributed by atoms with Crippen molar-refractivity contribution in [2.75, 3.05) is 19.6 Å². The molecule has 1 amide bonds. The van der Waals surface area contributed by atoms with Crippen LogP contribution in [0.1, 0.15) is 26.2 Å². The SMILES string of the molecule is C=CC1=NC(O)CC=C1/C=C/NC(=O)/C=C/CCN=CN(CC)CCC(F)F. The van der Waals surface area contributed by atoms with Crippen LogP contribution in [0.3, 0.4) is 0 Å². The first kappa shape index (κ1) is 23.4. The van der Waals surface area contributed by atoms with Crippen LogP contribution in [0.2, 0.25) is 0 Å². The summed E-state index contributed by atoms with van der Waals surface area (Å²) in [5.41, 5.74) is 1.36. The minimum Gasteiger partial charge on any atom is -0.371 e. The summed E-state index contributed by atoms with van der Waals surface area (Å²) in [6.45, 7) is 6.89. The van der Waals surface area contributed by atoms with Gasteiger partial charge in [0.1, 0.15) is 6.23 Å². The molecule has 1 heterocycles. The van der Waals surface area contributed by atoms with Gasteiger partial charge in [0.15, 0.2) is 0 Å². The zero-order chi connectivity index (χ0) is 20.8. The lowest BCUT2D eigenvalue weighted by Gasteiger charge is -2.16. The second-order valence-corrected chi connectivity index (χ2v) is 5.96. The fourth-order valence-corrected chi connectivity index (χ4v) is 2.28. The molecule has 8 heteroatoms. The third-order valence-corrected chi connectivity index (χ3v) is 3.79. The van der Waals surface area contributed by atoms with Crippen molar-refractivity contribution < 1.29 is 18.7 Å². The third-order valence-electron chi connectivity index (χ3n) is 3.79. The van der Waals surface area contributed by atoms with Gasteiger partial charge < -0.3 is 15.3 Å². The van der Waals surface area contributed by atoms with Crippen LogP contribution in [0, 0.1) is 0 Å². The van der Waals surface area contributed by atoms with E-state index >= 15 is 0 Å². The van der Waals surface area contributed by atoms with Crippen molar-refractivity contribution in [1.82, 2.24) is 10.2 Å². The summed E-state index contributed by atoms with van der Waals surface area (Å²) in [4.78, 5) is 21.7. The van der Waals surface area contributed by atoms with E-state index in [1.165, 1.54) is 12.3 Å². The lowest BCUT2D eigenvalue weighted by molar-refractivity contribution is -0.115. The zero-order valence-electron chi connectivity index (χ0n) is 16.1. The number of nitrogens with one attached hydrogen (secondary N) is 1. The third kappa shape index (κ3) is 9.91. The number of hydrogen-bond acceptors (Lipinski definition) is 4. The number of rotatable bonds is 12. The second kappa shape index (κ2) is 13.5. The Morgan fingerprint density at radius 3 is 3.04 bits per heavy atom. The number of allylic oxidation sites excluding steroid dienone is 3. The molecule has 0 aromatic heterocycles. The molecule has 0 aromatic carbocycles. The number of nitrogens with zero attached hydrogens (tertiary/aromatic N) is 3. The van der Waals surface area contributed by atoms with Crippen LogP contribution in [0.4, 0.5) is 8.78 Å². The van der Waals surface area contributed by atoms with Gasteiger partial charge in [-0.25, -0.2) is 8.78 Å². The summed E-state index contributed by atoms with van der Waals surface area (Å²) in [6, 6.07) is 0. The summed E-state index contributed by atoms with van der Waals surface area (Å²) in [5.74, 6) is -0.277. The van der Waals surface area contributed by atoms with Crippen LogP contribution < -0.4 is 5.32 Å². The highest BCUT2D eigenvalue weighted by atomic mass is 19.3. The van der Waals surface area contributed by atoms with Gasteiger partial charge in [0.25, 0.3) is 0 Å². The van der Waals surface area contributed by atoms with Gasteiger partial charge in [-0.3, -0.25) is 14.8 Å². The molecule has 0 spiro atoms. The molecular formula is C20H28F2N4O2. The second-order valence-electron chi connectivity index (χ2n) is 5.96. The lowest BCUT2D eigenvalue weighted by atomic mass is 10.1. The van der Waals surface area contributed by atoms with Gasteiger partial charge in [-0.2, -0.15) is 0 Å². The summed E-state index contributed by atoms with van der Waals surface area (Å²) in [5, 5.41) is 12.1. The van der Waals surface area contributed by atoms with Gasteiger partial charge in [-0.05, 0) is 37.1 Å². The molecule has 0 fully saturated rings. The highest BCUT2D eigenvalue weighted by Crippen LogP contribution is 2.13. The number of aliphatic hydroxyl groups is 1. The first-order chi connectivity index (χ1) is 13.5. The van der Waals surface area contributed by atoms with E-state index in [0.29, 0.717) is 31.6 Å². The van der Waals surface area contributed by atoms with E-state index in [1.54, 1.807) is 29.5 Å². The Labute approximate surface area is 164 Å². The molecule has 0 aliphatic carbocycles. The normalized spacial score (nSPS) is 17.4. The predicted octanol–water partition coefficient (Wildman–Crippen LogP) is 2.84. The highest BCUT2D eigenvalue weighted by molar-refractivity contribution is 6.10. The maximum Gasteiger partial charge on any atom is 0.247 e. The lowest BCUT2D eigenvalue weighted by Crippen LogP contribution is -2.24. The standard InChI is InChI=1S/C20H28F2N4O2/c1-3-17-16(8-9-20(28)25-17)10-13-24-19(27)7-5-6-12-23-15-26(4-2)14-11-18(21)22/h3,5,7-8,10,13,15,18,20,28H,1,4,6,9,11-12,14H2,2H3,(H,24,27)/b7-5+,13-10+,23-15?. The van der Waals surface area contributed by atoms with Crippen LogP contribution in [0.5, 0.6) is 0 Å². The maximum absolute atomic E-state index is 12.2. The van der Waals surface area contributed by atoms with Crippen LogP contribution in [0.15, 0.2) is 58.7 Å². The Morgan fingerprint density at radius 1 is 1.57 bits per heavy atom. The Hall–Kier alpha value is -2.61. The summed E-state index contributed by atoms with van der Waals surface area (Å²) in [6.07, 6.45) is 9.01. The summed E-state index contributed by atoms with van der Waals surface area (Å²) >= 11 is 0. The molecule has 154 valence electrons. The van der Waals surface area contributed by atoms with Gasteiger partial charge in [0.05, 0.1) is 12.1 Å². The molecule has 6 nitrogen and oxygen atoms in total. The molecule has 0 bridgehead atoms. The number of aliphatic hydroxyl groups excluding tert-OH is 1. The number of amides is 1. The van der Waals surface area contributed by atoms with E-state index in [0.717, 1.165) is 5.57 Å². The number of alkyl halides is 2. The van der Waals surface area contributed by atoms with Gasteiger partial charge in [0.2, 0.25) is 12.3 Å². The molecule has 0 aromatic rings. The molecule has 0 saturated carbocycles. The van der Waals surface area contributed by atoms with E-state index in [1.807, 2.05) is 13.0 Å². The topological polar surface area (TPSA) is 77.3 Å². The molecule has 2 N–H and O–H groups in total. The van der Waals surface area contributed by atoms with E-state index < -0.39 is 12.7 Å². The molecule has 1 aliphatic heterocycles. The van der Waals surface area contributed by atoms with Crippen molar-refractivity contribution in [3.8, 4) is 0 Å². The first-order valence-electron chi connectivity index (χ1n) is 9.20. The molecule has 1 atom stereocenters. The van der Waals surface area contributed by atoms with Gasteiger partial charge in [0, 0.05) is 38.7 Å². The van der Waals surface area contributed by atoms with Crippen molar-refractivity contribution in [2.45, 2.75) is 38.8 Å². The average Bonchev–Trinajstić information content (AvgIpc) is 2.67. The average molecular weight is 394 g/mol. The van der Waals surface area contributed by atoms with Gasteiger partial charge in [-0.1, -0.05) is 18.7 Å². The quantitative estimate of drug-likeness (QED) is 0.231. The Kier molecular flexibility index (Phi) is 11.3. The number of aliphatic imine (C=N–C) groups is 2. The Bertz CT molecular complexity index is 655. The monoisotopic (exact) mass is 394 g/mol. The largest absolute Gasteiger partial charge is 0.371 e. The fraction of sp³-hybridized carbons (Fsp3) is 0.450. The molecule has 1 aliphatic rings. The van der Waals surface area contributed by atoms with Crippen molar-refractivity contribution in [1.29, 1.82) is 0 Å². The van der Waals surface area contributed by atoms with E-state index in [-0.39, 0.29) is 18.9 Å².